The Morgan fingerprint density at radius 3 is 2.44 bits per heavy atom. The number of rotatable bonds is 5. The molecule has 16 heavy (non-hydrogen) atoms. The fourth-order valence-corrected chi connectivity index (χ4v) is 1.07. The first kappa shape index (κ1) is 15.0. The van der Waals surface area contributed by atoms with Gasteiger partial charge in [0.25, 0.3) is 0 Å². The maximum Gasteiger partial charge on any atom is 0.211 e. The van der Waals surface area contributed by atoms with Crippen LogP contribution in [0, 0.1) is 0 Å². The number of aliphatic imine (C=N–C) groups is 1. The summed E-state index contributed by atoms with van der Waals surface area (Å²) in [5.41, 5.74) is 0. The van der Waals surface area contributed by atoms with Crippen molar-refractivity contribution in [3.05, 3.63) is 23.9 Å². The first-order valence-electron chi connectivity index (χ1n) is 4.96. The van der Waals surface area contributed by atoms with E-state index >= 15 is 0 Å². The van der Waals surface area contributed by atoms with Crippen molar-refractivity contribution in [1.82, 2.24) is 10.0 Å². The minimum atomic E-state index is -0.0646. The van der Waals surface area contributed by atoms with E-state index in [-0.39, 0.29) is 6.17 Å². The van der Waals surface area contributed by atoms with E-state index in [1.165, 1.54) is 0 Å². The van der Waals surface area contributed by atoms with Crippen LogP contribution in [0.25, 0.3) is 0 Å². The molecule has 0 heterocycles. The molecule has 0 bridgehead atoms. The summed E-state index contributed by atoms with van der Waals surface area (Å²) in [5, 5.41) is 4.40. The number of hydrogen-bond acceptors (Lipinski definition) is 4. The molecule has 0 aliphatic heterocycles. The smallest absolute Gasteiger partial charge is 0.211 e. The lowest BCUT2D eigenvalue weighted by Gasteiger charge is -2.29. The Balaban J connectivity index is 4.71. The Morgan fingerprint density at radius 2 is 2.06 bits per heavy atom. The maximum absolute atomic E-state index is 5.76. The molecular formula is C11H20ClN3O. The Kier molecular flexibility index (Phi) is 6.85. The highest BCUT2D eigenvalue weighted by molar-refractivity contribution is 6.30. The van der Waals surface area contributed by atoms with Crippen LogP contribution in [0.3, 0.4) is 0 Å². The first-order chi connectivity index (χ1) is 7.42. The third kappa shape index (κ3) is 5.19. The fourth-order valence-electron chi connectivity index (χ4n) is 0.979. The van der Waals surface area contributed by atoms with Gasteiger partial charge in [-0.25, -0.2) is 10.0 Å². The molecule has 0 aliphatic carbocycles. The van der Waals surface area contributed by atoms with Crippen molar-refractivity contribution in [2.45, 2.75) is 20.0 Å². The van der Waals surface area contributed by atoms with Crippen LogP contribution in [0.15, 0.2) is 28.9 Å². The number of ether oxygens (including phenoxy) is 1. The summed E-state index contributed by atoms with van der Waals surface area (Å²) in [5.74, 6) is 0.504. The Bertz CT molecular complexity index is 285. The van der Waals surface area contributed by atoms with Crippen LogP contribution in [0.4, 0.5) is 0 Å². The van der Waals surface area contributed by atoms with E-state index in [1.807, 2.05) is 31.0 Å². The van der Waals surface area contributed by atoms with Gasteiger partial charge in [-0.2, -0.15) is 0 Å². The third-order valence-electron chi connectivity index (χ3n) is 2.15. The molecule has 0 amide bonds. The summed E-state index contributed by atoms with van der Waals surface area (Å²) in [4.78, 5) is 4.37. The largest absolute Gasteiger partial charge is 0.481 e. The zero-order valence-corrected chi connectivity index (χ0v) is 11.3. The number of halogens is 1. The van der Waals surface area contributed by atoms with Gasteiger partial charge in [0.2, 0.25) is 5.90 Å². The highest BCUT2D eigenvalue weighted by Gasteiger charge is 2.10. The van der Waals surface area contributed by atoms with Gasteiger partial charge in [0.15, 0.2) is 0 Å². The summed E-state index contributed by atoms with van der Waals surface area (Å²) in [7, 11) is 5.38. The van der Waals surface area contributed by atoms with Crippen LogP contribution in [-0.2, 0) is 4.74 Å². The molecule has 0 radical (unpaired) electrons. The fraction of sp³-hybridized carbons (Fsp3) is 0.545. The molecule has 0 saturated heterocycles. The normalized spacial score (nSPS) is 14.9. The number of nitrogens with zero attached hydrogens (tertiary/aromatic N) is 3. The Labute approximate surface area is 103 Å². The van der Waals surface area contributed by atoms with E-state index in [0.29, 0.717) is 10.9 Å². The molecule has 0 aliphatic rings. The second-order valence-corrected chi connectivity index (χ2v) is 3.96. The topological polar surface area (TPSA) is 28.1 Å². The van der Waals surface area contributed by atoms with Crippen LogP contribution in [-0.4, -0.2) is 43.3 Å². The molecule has 0 spiro atoms. The van der Waals surface area contributed by atoms with Gasteiger partial charge in [-0.3, -0.25) is 0 Å². The summed E-state index contributed by atoms with van der Waals surface area (Å²) in [6, 6.07) is 0. The second kappa shape index (κ2) is 7.30. The van der Waals surface area contributed by atoms with Crippen LogP contribution in [0.5, 0.6) is 0 Å². The lowest BCUT2D eigenvalue weighted by atomic mass is 10.5. The highest BCUT2D eigenvalue weighted by atomic mass is 35.5. The lowest BCUT2D eigenvalue weighted by Crippen LogP contribution is -2.38. The van der Waals surface area contributed by atoms with Crippen molar-refractivity contribution in [3.63, 3.8) is 0 Å². The molecule has 4 nitrogen and oxygen atoms in total. The highest BCUT2D eigenvalue weighted by Crippen LogP contribution is 2.05. The van der Waals surface area contributed by atoms with E-state index in [9.17, 15) is 0 Å². The second-order valence-electron chi connectivity index (χ2n) is 3.36. The third-order valence-corrected chi connectivity index (χ3v) is 2.26. The molecule has 0 N–H and O–H groups in total. The molecule has 92 valence electrons. The van der Waals surface area contributed by atoms with Crippen molar-refractivity contribution >= 4 is 17.5 Å². The number of hydrazine groups is 1. The van der Waals surface area contributed by atoms with Gasteiger partial charge in [0, 0.05) is 31.4 Å². The van der Waals surface area contributed by atoms with Gasteiger partial charge >= 0.3 is 0 Å². The number of allylic oxidation sites excluding steroid dienone is 1. The quantitative estimate of drug-likeness (QED) is 0.423. The first-order valence-corrected chi connectivity index (χ1v) is 5.33. The van der Waals surface area contributed by atoms with Crippen molar-refractivity contribution in [3.8, 4) is 0 Å². The van der Waals surface area contributed by atoms with Gasteiger partial charge in [-0.15, -0.1) is 0 Å². The van der Waals surface area contributed by atoms with Crippen molar-refractivity contribution < 1.29 is 4.74 Å². The molecule has 0 saturated carbocycles. The van der Waals surface area contributed by atoms with Gasteiger partial charge in [0.05, 0.1) is 7.11 Å². The monoisotopic (exact) mass is 245 g/mol. The number of methoxy groups -OCH3 is 1. The zero-order valence-electron chi connectivity index (χ0n) is 10.6. The van der Waals surface area contributed by atoms with Gasteiger partial charge in [-0.1, -0.05) is 18.2 Å². The van der Waals surface area contributed by atoms with E-state index in [1.54, 1.807) is 26.3 Å². The average molecular weight is 246 g/mol. The van der Waals surface area contributed by atoms with Crippen molar-refractivity contribution in [2.24, 2.45) is 4.99 Å². The predicted octanol–water partition coefficient (Wildman–Crippen LogP) is 2.44. The SMILES string of the molecule is C=CN(C)N(C)C(C)/N=C(\C=C(/C)Cl)OC. The van der Waals surface area contributed by atoms with E-state index in [0.717, 1.165) is 0 Å². The maximum atomic E-state index is 5.76. The van der Waals surface area contributed by atoms with Crippen LogP contribution in [0.1, 0.15) is 13.8 Å². The summed E-state index contributed by atoms with van der Waals surface area (Å²) < 4.78 is 5.11. The van der Waals surface area contributed by atoms with E-state index in [4.69, 9.17) is 16.3 Å². The molecule has 0 rings (SSSR count). The van der Waals surface area contributed by atoms with E-state index < -0.39 is 0 Å². The standard InChI is InChI=1S/C11H20ClN3O/c1-7-14(4)15(5)10(3)13-11(16-6)8-9(2)12/h7-8,10H,1H2,2-6H3/b9-8+,13-11+. The minimum absolute atomic E-state index is 0.0646. The van der Waals surface area contributed by atoms with E-state index in [2.05, 4.69) is 11.6 Å². The van der Waals surface area contributed by atoms with Gasteiger partial charge in [-0.05, 0) is 13.8 Å². The zero-order chi connectivity index (χ0) is 12.7. The lowest BCUT2D eigenvalue weighted by molar-refractivity contribution is 0.0415. The molecule has 0 fully saturated rings. The van der Waals surface area contributed by atoms with Crippen LogP contribution < -0.4 is 0 Å². The average Bonchev–Trinajstić information content (AvgIpc) is 2.25. The molecule has 0 aromatic rings. The number of hydrogen-bond donors (Lipinski definition) is 0. The molecule has 1 unspecified atom stereocenters. The minimum Gasteiger partial charge on any atom is -0.481 e. The molecule has 0 aromatic heterocycles. The molecule has 0 aromatic carbocycles. The molecular weight excluding hydrogens is 226 g/mol. The summed E-state index contributed by atoms with van der Waals surface area (Å²) >= 11 is 5.76. The predicted molar refractivity (Wildman–Crippen MR) is 69.2 cm³/mol. The van der Waals surface area contributed by atoms with Gasteiger partial charge < -0.3 is 9.75 Å². The van der Waals surface area contributed by atoms with Gasteiger partial charge in [0.1, 0.15) is 6.17 Å². The van der Waals surface area contributed by atoms with Crippen molar-refractivity contribution in [1.29, 1.82) is 0 Å². The Morgan fingerprint density at radius 1 is 1.50 bits per heavy atom. The summed E-state index contributed by atoms with van der Waals surface area (Å²) in [6.45, 7) is 7.42. The van der Waals surface area contributed by atoms with Crippen LogP contribution >= 0.6 is 11.6 Å². The Hall–Kier alpha value is -1.000. The van der Waals surface area contributed by atoms with Crippen molar-refractivity contribution in [2.75, 3.05) is 21.2 Å². The molecule has 1 atom stereocenters. The van der Waals surface area contributed by atoms with Crippen LogP contribution in [0.2, 0.25) is 0 Å². The molecule has 5 heteroatoms. The summed E-state index contributed by atoms with van der Waals surface area (Å²) in [6.07, 6.45) is 3.33.